The highest BCUT2D eigenvalue weighted by Gasteiger charge is 2.21. The summed E-state index contributed by atoms with van der Waals surface area (Å²) in [7, 11) is 3.41. The van der Waals surface area contributed by atoms with Crippen LogP contribution in [0.25, 0.3) is 11.1 Å². The molecule has 0 atom stereocenters. The Kier molecular flexibility index (Phi) is 8.37. The van der Waals surface area contributed by atoms with Gasteiger partial charge in [0, 0.05) is 44.0 Å². The molecule has 0 aliphatic carbocycles. The van der Waals surface area contributed by atoms with Crippen molar-refractivity contribution in [2.24, 2.45) is 5.92 Å². The van der Waals surface area contributed by atoms with Crippen LogP contribution in [0.5, 0.6) is 11.5 Å². The molecule has 4 heteroatoms. The zero-order valence-corrected chi connectivity index (χ0v) is 22.6. The van der Waals surface area contributed by atoms with Crippen LogP contribution in [0.15, 0.2) is 72.8 Å². The van der Waals surface area contributed by atoms with Crippen molar-refractivity contribution in [1.29, 1.82) is 0 Å². The van der Waals surface area contributed by atoms with Gasteiger partial charge in [0.25, 0.3) is 0 Å². The Morgan fingerprint density at radius 3 is 1.75 bits per heavy atom. The zero-order chi connectivity index (χ0) is 25.7. The van der Waals surface area contributed by atoms with Crippen molar-refractivity contribution in [2.45, 2.75) is 33.7 Å². The van der Waals surface area contributed by atoms with Crippen molar-refractivity contribution in [1.82, 2.24) is 4.90 Å². The van der Waals surface area contributed by atoms with Crippen LogP contribution >= 0.6 is 0 Å². The van der Waals surface area contributed by atoms with E-state index >= 15 is 0 Å². The molecule has 0 aromatic heterocycles. The number of nitrogens with zero attached hydrogens (tertiary/aromatic N) is 2. The Morgan fingerprint density at radius 1 is 0.667 bits per heavy atom. The molecule has 190 valence electrons. The maximum Gasteiger partial charge on any atom is 0.123 e. The smallest absolute Gasteiger partial charge is 0.123 e. The van der Waals surface area contributed by atoms with Gasteiger partial charge in [0.1, 0.15) is 11.5 Å². The third kappa shape index (κ3) is 5.76. The number of piperazine rings is 1. The van der Waals surface area contributed by atoms with Crippen molar-refractivity contribution in [3.05, 3.63) is 89.5 Å². The first-order chi connectivity index (χ1) is 17.4. The number of rotatable bonds is 8. The van der Waals surface area contributed by atoms with E-state index in [1.54, 1.807) is 14.2 Å². The zero-order valence-electron chi connectivity index (χ0n) is 22.6. The van der Waals surface area contributed by atoms with Gasteiger partial charge >= 0.3 is 0 Å². The predicted molar refractivity (Wildman–Crippen MR) is 152 cm³/mol. The Bertz CT molecular complexity index is 1140. The Hall–Kier alpha value is -3.24. The van der Waals surface area contributed by atoms with Crippen LogP contribution in [0.3, 0.4) is 0 Å². The minimum absolute atomic E-state index is 0.323. The first-order valence-electron chi connectivity index (χ1n) is 13.0. The van der Waals surface area contributed by atoms with E-state index in [1.807, 2.05) is 6.07 Å². The summed E-state index contributed by atoms with van der Waals surface area (Å²) in [6, 6.07) is 26.6. The fraction of sp³-hybridized carbons (Fsp3) is 0.375. The fourth-order valence-corrected chi connectivity index (χ4v) is 5.15. The van der Waals surface area contributed by atoms with Crippen molar-refractivity contribution in [3.8, 4) is 11.5 Å². The molecule has 3 aromatic carbocycles. The van der Waals surface area contributed by atoms with Crippen molar-refractivity contribution >= 4 is 16.8 Å². The van der Waals surface area contributed by atoms with Gasteiger partial charge < -0.3 is 14.4 Å². The fourth-order valence-electron chi connectivity index (χ4n) is 5.15. The number of ether oxygens (including phenoxy) is 2. The number of methoxy groups -OCH3 is 2. The first-order valence-corrected chi connectivity index (χ1v) is 13.0. The average Bonchev–Trinajstić information content (AvgIpc) is 2.91. The maximum absolute atomic E-state index is 5.64. The van der Waals surface area contributed by atoms with E-state index in [2.05, 4.69) is 104 Å². The lowest BCUT2D eigenvalue weighted by Crippen LogP contribution is -2.48. The van der Waals surface area contributed by atoms with Crippen LogP contribution in [-0.2, 0) is 0 Å². The van der Waals surface area contributed by atoms with E-state index in [-0.39, 0.29) is 0 Å². The SMILES string of the molecule is COc1cc(OC)cc(/C(=C(/c2ccccc2)C(C)C)c2ccc(N3CCN(C(C)C)CC3)cc2)c1. The molecule has 4 nitrogen and oxygen atoms in total. The molecule has 0 radical (unpaired) electrons. The minimum atomic E-state index is 0.323. The van der Waals surface area contributed by atoms with E-state index < -0.39 is 0 Å². The normalized spacial score (nSPS) is 15.3. The predicted octanol–water partition coefficient (Wildman–Crippen LogP) is 6.85. The second-order valence-electron chi connectivity index (χ2n) is 10.1. The molecule has 1 fully saturated rings. The summed E-state index contributed by atoms with van der Waals surface area (Å²) in [6.07, 6.45) is 0. The Balaban J connectivity index is 1.80. The highest BCUT2D eigenvalue weighted by atomic mass is 16.5. The van der Waals surface area contributed by atoms with Gasteiger partial charge in [0.2, 0.25) is 0 Å². The van der Waals surface area contributed by atoms with Crippen LogP contribution in [-0.4, -0.2) is 51.3 Å². The number of hydrogen-bond acceptors (Lipinski definition) is 4. The summed E-state index contributed by atoms with van der Waals surface area (Å²) < 4.78 is 11.3. The minimum Gasteiger partial charge on any atom is -0.497 e. The van der Waals surface area contributed by atoms with Crippen molar-refractivity contribution in [3.63, 3.8) is 0 Å². The van der Waals surface area contributed by atoms with Gasteiger partial charge in [0.05, 0.1) is 14.2 Å². The number of hydrogen-bond donors (Lipinski definition) is 0. The molecule has 3 aromatic rings. The van der Waals surface area contributed by atoms with Crippen molar-refractivity contribution < 1.29 is 9.47 Å². The van der Waals surface area contributed by atoms with Gasteiger partial charge in [-0.15, -0.1) is 0 Å². The molecule has 0 saturated carbocycles. The monoisotopic (exact) mass is 484 g/mol. The average molecular weight is 485 g/mol. The van der Waals surface area contributed by atoms with Crippen LogP contribution in [0.2, 0.25) is 0 Å². The number of allylic oxidation sites excluding steroid dienone is 1. The third-order valence-corrected chi connectivity index (χ3v) is 7.14. The van der Waals surface area contributed by atoms with Gasteiger partial charge in [-0.05, 0) is 71.9 Å². The Labute approximate surface area is 217 Å². The van der Waals surface area contributed by atoms with Crippen LogP contribution in [0.1, 0.15) is 44.4 Å². The molecule has 4 rings (SSSR count). The van der Waals surface area contributed by atoms with E-state index in [1.165, 1.54) is 28.0 Å². The molecule has 1 aliphatic heterocycles. The highest BCUT2D eigenvalue weighted by molar-refractivity contribution is 5.99. The second kappa shape index (κ2) is 11.7. The van der Waals surface area contributed by atoms with Crippen molar-refractivity contribution in [2.75, 3.05) is 45.3 Å². The summed E-state index contributed by atoms with van der Waals surface area (Å²) in [6.45, 7) is 13.4. The molecule has 0 bridgehead atoms. The largest absolute Gasteiger partial charge is 0.497 e. The van der Waals surface area contributed by atoms with Gasteiger partial charge in [-0.25, -0.2) is 0 Å². The molecule has 0 spiro atoms. The maximum atomic E-state index is 5.64. The summed E-state index contributed by atoms with van der Waals surface area (Å²) in [5.41, 5.74) is 7.34. The van der Waals surface area contributed by atoms with E-state index in [4.69, 9.17) is 9.47 Å². The molecule has 1 heterocycles. The van der Waals surface area contributed by atoms with Gasteiger partial charge in [-0.1, -0.05) is 56.3 Å². The van der Waals surface area contributed by atoms with E-state index in [0.29, 0.717) is 12.0 Å². The molecule has 36 heavy (non-hydrogen) atoms. The highest BCUT2D eigenvalue weighted by Crippen LogP contribution is 2.39. The number of benzene rings is 3. The molecule has 0 unspecified atom stereocenters. The molecule has 0 N–H and O–H groups in total. The van der Waals surface area contributed by atoms with E-state index in [9.17, 15) is 0 Å². The van der Waals surface area contributed by atoms with Crippen LogP contribution in [0, 0.1) is 5.92 Å². The summed E-state index contributed by atoms with van der Waals surface area (Å²) in [5, 5.41) is 0. The van der Waals surface area contributed by atoms with E-state index in [0.717, 1.165) is 43.2 Å². The van der Waals surface area contributed by atoms with Crippen LogP contribution < -0.4 is 14.4 Å². The first kappa shape index (κ1) is 25.8. The summed E-state index contributed by atoms with van der Waals surface area (Å²) in [5.74, 6) is 1.90. The number of anilines is 1. The molecular formula is C32H40N2O2. The van der Waals surface area contributed by atoms with Gasteiger partial charge in [0.15, 0.2) is 0 Å². The Morgan fingerprint density at radius 2 is 1.25 bits per heavy atom. The summed E-state index contributed by atoms with van der Waals surface area (Å²) in [4.78, 5) is 5.05. The molecule has 0 amide bonds. The lowest BCUT2D eigenvalue weighted by atomic mass is 9.84. The third-order valence-electron chi connectivity index (χ3n) is 7.14. The summed E-state index contributed by atoms with van der Waals surface area (Å²) >= 11 is 0. The lowest BCUT2D eigenvalue weighted by molar-refractivity contribution is 0.209. The quantitative estimate of drug-likeness (QED) is 0.327. The topological polar surface area (TPSA) is 24.9 Å². The van der Waals surface area contributed by atoms with Gasteiger partial charge in [-0.2, -0.15) is 0 Å². The molecular weight excluding hydrogens is 444 g/mol. The molecule has 1 saturated heterocycles. The lowest BCUT2D eigenvalue weighted by Gasteiger charge is -2.38. The second-order valence-corrected chi connectivity index (χ2v) is 10.1. The molecule has 1 aliphatic rings. The standard InChI is InChI=1S/C32H40N2O2/c1-23(2)31(25-10-8-7-9-11-25)32(27-20-29(35-5)22-30(21-27)36-6)26-12-14-28(15-13-26)34-18-16-33(17-19-34)24(3)4/h7-15,20-24H,16-19H2,1-6H3/b32-31+. The van der Waals surface area contributed by atoms with Gasteiger partial charge in [-0.3, -0.25) is 4.90 Å². The van der Waals surface area contributed by atoms with Crippen LogP contribution in [0.4, 0.5) is 5.69 Å².